The Bertz CT molecular complexity index is 1280. The van der Waals surface area contributed by atoms with Crippen molar-refractivity contribution in [1.29, 1.82) is 0 Å². The highest BCUT2D eigenvalue weighted by Crippen LogP contribution is 2.28. The molecule has 4 rings (SSSR count). The number of nitrogen functional groups attached to an aromatic ring is 1. The van der Waals surface area contributed by atoms with Crippen LogP contribution >= 0.6 is 0 Å². The second-order valence-corrected chi connectivity index (χ2v) is 7.04. The van der Waals surface area contributed by atoms with E-state index in [0.717, 1.165) is 6.42 Å². The third kappa shape index (κ3) is 3.43. The summed E-state index contributed by atoms with van der Waals surface area (Å²) >= 11 is 0. The molecule has 4 N–H and O–H groups in total. The third-order valence-electron chi connectivity index (χ3n) is 4.94. The number of nitrogens with one attached hydrogen (secondary N) is 1. The van der Waals surface area contributed by atoms with Crippen molar-refractivity contribution in [3.8, 4) is 5.75 Å². The molecule has 0 bridgehead atoms. The average molecular weight is 402 g/mol. The van der Waals surface area contributed by atoms with Crippen LogP contribution in [0.1, 0.15) is 36.2 Å². The van der Waals surface area contributed by atoms with Gasteiger partial charge < -0.3 is 16.2 Å². The predicted molar refractivity (Wildman–Crippen MR) is 118 cm³/mol. The lowest BCUT2D eigenvalue weighted by atomic mass is 10.2. The molecule has 0 fully saturated rings. The van der Waals surface area contributed by atoms with Gasteiger partial charge in [-0.3, -0.25) is 4.79 Å². The summed E-state index contributed by atoms with van der Waals surface area (Å²) in [6.07, 6.45) is 2.25. The van der Waals surface area contributed by atoms with E-state index in [1.54, 1.807) is 24.3 Å². The van der Waals surface area contributed by atoms with Crippen molar-refractivity contribution < 1.29 is 9.90 Å². The van der Waals surface area contributed by atoms with Gasteiger partial charge in [-0.2, -0.15) is 9.78 Å². The summed E-state index contributed by atoms with van der Waals surface area (Å²) < 4.78 is 1.38. The van der Waals surface area contributed by atoms with Gasteiger partial charge in [0.05, 0.1) is 17.2 Å². The number of phenols is 1. The first-order valence-electron chi connectivity index (χ1n) is 9.69. The van der Waals surface area contributed by atoms with E-state index >= 15 is 0 Å². The van der Waals surface area contributed by atoms with Crippen molar-refractivity contribution in [2.45, 2.75) is 26.3 Å². The zero-order valence-corrected chi connectivity index (χ0v) is 16.7. The van der Waals surface area contributed by atoms with Gasteiger partial charge in [0.15, 0.2) is 5.65 Å². The number of rotatable bonds is 5. The molecule has 0 aliphatic rings. The molecule has 1 unspecified atom stereocenters. The maximum absolute atomic E-state index is 13.0. The second-order valence-electron chi connectivity index (χ2n) is 7.04. The summed E-state index contributed by atoms with van der Waals surface area (Å²) in [5.74, 6) is -0.108. The molecule has 30 heavy (non-hydrogen) atoms. The van der Waals surface area contributed by atoms with Crippen LogP contribution in [-0.2, 0) is 0 Å². The van der Waals surface area contributed by atoms with Crippen molar-refractivity contribution in [3.05, 3.63) is 59.7 Å². The van der Waals surface area contributed by atoms with Crippen LogP contribution in [0.5, 0.6) is 5.75 Å². The van der Waals surface area contributed by atoms with Crippen LogP contribution in [0.4, 0.5) is 5.82 Å². The lowest BCUT2D eigenvalue weighted by Gasteiger charge is -2.11. The molecule has 0 saturated heterocycles. The number of carbonyl (C=O) groups is 1. The minimum Gasteiger partial charge on any atom is -0.507 e. The maximum Gasteiger partial charge on any atom is 0.257 e. The van der Waals surface area contributed by atoms with Gasteiger partial charge >= 0.3 is 0 Å². The summed E-state index contributed by atoms with van der Waals surface area (Å²) in [6, 6.07) is 14.2. The Labute approximate surface area is 173 Å². The molecular formula is C22H22N6O2. The minimum atomic E-state index is -0.326. The Kier molecular flexibility index (Phi) is 5.05. The van der Waals surface area contributed by atoms with Crippen LogP contribution < -0.4 is 11.1 Å². The number of fused-ring (bicyclic) bond motifs is 2. The zero-order valence-electron chi connectivity index (χ0n) is 16.7. The summed E-state index contributed by atoms with van der Waals surface area (Å²) in [5, 5.41) is 17.3. The number of carbonyl (C=O) groups excluding carboxylic acids is 1. The molecule has 4 aromatic rings. The van der Waals surface area contributed by atoms with Gasteiger partial charge in [0.25, 0.3) is 5.91 Å². The van der Waals surface area contributed by atoms with Crippen LogP contribution in [-0.4, -0.2) is 37.9 Å². The van der Waals surface area contributed by atoms with Crippen LogP contribution in [0.3, 0.4) is 0 Å². The molecule has 2 heterocycles. The van der Waals surface area contributed by atoms with E-state index < -0.39 is 0 Å². The number of anilines is 1. The van der Waals surface area contributed by atoms with Crippen molar-refractivity contribution >= 4 is 40.1 Å². The minimum absolute atomic E-state index is 0.0199. The summed E-state index contributed by atoms with van der Waals surface area (Å²) in [5.41, 5.74) is 9.15. The monoisotopic (exact) mass is 402 g/mol. The molecule has 2 aromatic heterocycles. The number of para-hydroxylation sites is 3. The van der Waals surface area contributed by atoms with Crippen molar-refractivity contribution in [3.63, 3.8) is 0 Å². The first kappa shape index (κ1) is 19.4. The van der Waals surface area contributed by atoms with Crippen LogP contribution in [0.15, 0.2) is 53.6 Å². The fraction of sp³-hybridized carbons (Fsp3) is 0.182. The van der Waals surface area contributed by atoms with Crippen LogP contribution in [0, 0.1) is 0 Å². The molecule has 8 heteroatoms. The first-order valence-corrected chi connectivity index (χ1v) is 9.69. The summed E-state index contributed by atoms with van der Waals surface area (Å²) in [4.78, 5) is 22.2. The highest BCUT2D eigenvalue weighted by molar-refractivity contribution is 6.10. The molecule has 0 saturated carbocycles. The van der Waals surface area contributed by atoms with Gasteiger partial charge in [-0.1, -0.05) is 31.2 Å². The second kappa shape index (κ2) is 7.82. The van der Waals surface area contributed by atoms with Gasteiger partial charge in [0.2, 0.25) is 0 Å². The Morgan fingerprint density at radius 1 is 1.20 bits per heavy atom. The number of amides is 1. The molecule has 2 aromatic carbocycles. The smallest absolute Gasteiger partial charge is 0.257 e. The molecule has 152 valence electrons. The van der Waals surface area contributed by atoms with Crippen LogP contribution in [0.25, 0.3) is 22.2 Å². The number of nitrogens with zero attached hydrogens (tertiary/aromatic N) is 4. The van der Waals surface area contributed by atoms with Gasteiger partial charge in [-0.15, -0.1) is 0 Å². The SMILES string of the molecule is CCC(C)NC(=O)c1c(N)n(/N=C/c2ccccc2O)c2nc3ccccc3nc12. The topological polar surface area (TPSA) is 118 Å². The van der Waals surface area contributed by atoms with Crippen molar-refractivity contribution in [2.24, 2.45) is 5.10 Å². The van der Waals surface area contributed by atoms with Gasteiger partial charge in [0, 0.05) is 11.6 Å². The quantitative estimate of drug-likeness (QED) is 0.443. The Morgan fingerprint density at radius 2 is 1.87 bits per heavy atom. The van der Waals surface area contributed by atoms with E-state index in [2.05, 4.69) is 20.4 Å². The van der Waals surface area contributed by atoms with Gasteiger partial charge in [-0.25, -0.2) is 9.97 Å². The molecule has 0 aliphatic heterocycles. The first-order chi connectivity index (χ1) is 14.5. The standard InChI is InChI=1S/C22H22N6O2/c1-3-13(2)25-22(30)18-19-21(27-16-10-6-5-9-15(16)26-19)28(20(18)23)24-12-14-8-4-7-11-17(14)29/h4-13,29H,3,23H2,1-2H3,(H,25,30)/b24-12+. The molecule has 1 atom stereocenters. The van der Waals surface area contributed by atoms with E-state index in [9.17, 15) is 9.90 Å². The Morgan fingerprint density at radius 3 is 2.57 bits per heavy atom. The van der Waals surface area contributed by atoms with Gasteiger partial charge in [0.1, 0.15) is 22.6 Å². The largest absolute Gasteiger partial charge is 0.507 e. The van der Waals surface area contributed by atoms with E-state index in [1.165, 1.54) is 10.9 Å². The van der Waals surface area contributed by atoms with E-state index in [1.807, 2.05) is 38.1 Å². The molecule has 0 aliphatic carbocycles. The van der Waals surface area contributed by atoms with Crippen LogP contribution in [0.2, 0.25) is 0 Å². The van der Waals surface area contributed by atoms with E-state index in [-0.39, 0.29) is 29.1 Å². The number of aromatic nitrogens is 3. The molecular weight excluding hydrogens is 380 g/mol. The van der Waals surface area contributed by atoms with E-state index in [0.29, 0.717) is 27.8 Å². The number of hydrogen-bond acceptors (Lipinski definition) is 6. The maximum atomic E-state index is 13.0. The molecule has 0 spiro atoms. The lowest BCUT2D eigenvalue weighted by molar-refractivity contribution is 0.0941. The molecule has 8 nitrogen and oxygen atoms in total. The number of hydrogen-bond donors (Lipinski definition) is 3. The van der Waals surface area contributed by atoms with Crippen molar-refractivity contribution in [2.75, 3.05) is 5.73 Å². The molecule has 0 radical (unpaired) electrons. The zero-order chi connectivity index (χ0) is 21.3. The Balaban J connectivity index is 1.92. The number of nitrogens with two attached hydrogens (primary N) is 1. The fourth-order valence-corrected chi connectivity index (χ4v) is 3.10. The third-order valence-corrected chi connectivity index (χ3v) is 4.94. The highest BCUT2D eigenvalue weighted by Gasteiger charge is 2.24. The highest BCUT2D eigenvalue weighted by atomic mass is 16.3. The lowest BCUT2D eigenvalue weighted by Crippen LogP contribution is -2.32. The van der Waals surface area contributed by atoms with Crippen molar-refractivity contribution in [1.82, 2.24) is 20.0 Å². The summed E-state index contributed by atoms with van der Waals surface area (Å²) in [6.45, 7) is 3.91. The average Bonchev–Trinajstić information content (AvgIpc) is 3.01. The summed E-state index contributed by atoms with van der Waals surface area (Å²) in [7, 11) is 0. The fourth-order valence-electron chi connectivity index (χ4n) is 3.10. The van der Waals surface area contributed by atoms with E-state index in [4.69, 9.17) is 5.73 Å². The van der Waals surface area contributed by atoms with Gasteiger partial charge in [-0.05, 0) is 37.6 Å². The normalized spacial score (nSPS) is 12.6. The predicted octanol–water partition coefficient (Wildman–Crippen LogP) is 3.28. The number of phenolic OH excluding ortho intramolecular Hbond substituents is 1. The number of benzene rings is 2. The Hall–Kier alpha value is -3.94. The number of aromatic hydroxyl groups is 1. The molecule has 1 amide bonds.